The van der Waals surface area contributed by atoms with Crippen molar-refractivity contribution in [3.8, 4) is 0 Å². The van der Waals surface area contributed by atoms with Gasteiger partial charge in [0.25, 0.3) is 5.91 Å². The Hall–Kier alpha value is -1.23. The van der Waals surface area contributed by atoms with Crippen LogP contribution in [0.3, 0.4) is 0 Å². The van der Waals surface area contributed by atoms with Crippen LogP contribution in [0.1, 0.15) is 36.2 Å². The van der Waals surface area contributed by atoms with Gasteiger partial charge in [0.05, 0.1) is 0 Å². The van der Waals surface area contributed by atoms with Crippen molar-refractivity contribution in [2.45, 2.75) is 31.7 Å². The number of hydrogen-bond acceptors (Lipinski definition) is 3. The van der Waals surface area contributed by atoms with Crippen molar-refractivity contribution in [2.24, 2.45) is 0 Å². The van der Waals surface area contributed by atoms with Gasteiger partial charge in [-0.05, 0) is 40.9 Å². The van der Waals surface area contributed by atoms with E-state index in [0.717, 1.165) is 12.8 Å². The van der Waals surface area contributed by atoms with Crippen molar-refractivity contribution in [2.75, 3.05) is 0 Å². The lowest BCUT2D eigenvalue weighted by Crippen LogP contribution is -2.38. The third kappa shape index (κ3) is 3.12. The van der Waals surface area contributed by atoms with Crippen molar-refractivity contribution in [1.82, 2.24) is 10.3 Å². The predicted octanol–water partition coefficient (Wildman–Crippen LogP) is 2.09. The Morgan fingerprint density at radius 3 is 2.76 bits per heavy atom. The summed E-state index contributed by atoms with van der Waals surface area (Å²) in [6, 6.07) is 3.64. The number of hydrogen-bond donors (Lipinski definition) is 1. The second-order valence-electron chi connectivity index (χ2n) is 4.12. The predicted molar refractivity (Wildman–Crippen MR) is 66.7 cm³/mol. The maximum Gasteiger partial charge on any atom is 0.271 e. The van der Waals surface area contributed by atoms with E-state index in [4.69, 9.17) is 0 Å². The molecule has 0 unspecified atom stereocenters. The van der Waals surface area contributed by atoms with E-state index in [0.29, 0.717) is 23.0 Å². The Kier molecular flexibility index (Phi) is 3.89. The molecule has 1 aliphatic rings. The van der Waals surface area contributed by atoms with E-state index in [9.17, 15) is 9.59 Å². The van der Waals surface area contributed by atoms with E-state index in [2.05, 4.69) is 26.2 Å². The summed E-state index contributed by atoms with van der Waals surface area (Å²) in [6.45, 7) is 0. The van der Waals surface area contributed by atoms with Crippen LogP contribution in [-0.4, -0.2) is 22.7 Å². The summed E-state index contributed by atoms with van der Waals surface area (Å²) in [4.78, 5) is 27.0. The number of aromatic nitrogens is 1. The van der Waals surface area contributed by atoms with E-state index >= 15 is 0 Å². The fourth-order valence-electron chi connectivity index (χ4n) is 1.89. The van der Waals surface area contributed by atoms with Crippen LogP contribution in [0.15, 0.2) is 22.8 Å². The van der Waals surface area contributed by atoms with Crippen LogP contribution in [0.25, 0.3) is 0 Å². The molecule has 90 valence electrons. The van der Waals surface area contributed by atoms with Gasteiger partial charge in [-0.15, -0.1) is 0 Å². The molecule has 0 aliphatic heterocycles. The number of nitrogens with zero attached hydrogens (tertiary/aromatic N) is 1. The molecule has 1 aliphatic carbocycles. The van der Waals surface area contributed by atoms with E-state index in [1.54, 1.807) is 18.3 Å². The zero-order valence-electron chi connectivity index (χ0n) is 9.28. The van der Waals surface area contributed by atoms with E-state index in [-0.39, 0.29) is 17.7 Å². The van der Waals surface area contributed by atoms with Gasteiger partial charge in [0, 0.05) is 29.6 Å². The lowest BCUT2D eigenvalue weighted by atomic mass is 9.94. The van der Waals surface area contributed by atoms with E-state index in [1.165, 1.54) is 0 Å². The first kappa shape index (κ1) is 12.2. The third-order valence-electron chi connectivity index (χ3n) is 2.85. The largest absolute Gasteiger partial charge is 0.348 e. The zero-order valence-corrected chi connectivity index (χ0v) is 10.9. The Labute approximate surface area is 108 Å². The third-order valence-corrected chi connectivity index (χ3v) is 3.49. The van der Waals surface area contributed by atoms with Crippen molar-refractivity contribution in [3.05, 3.63) is 28.5 Å². The molecular formula is C12H13BrN2O2. The van der Waals surface area contributed by atoms with Gasteiger partial charge in [-0.1, -0.05) is 0 Å². The summed E-state index contributed by atoms with van der Waals surface area (Å²) in [7, 11) is 0. The van der Waals surface area contributed by atoms with Crippen molar-refractivity contribution >= 4 is 27.6 Å². The molecule has 17 heavy (non-hydrogen) atoms. The molecular weight excluding hydrogens is 284 g/mol. The molecule has 4 nitrogen and oxygen atoms in total. The highest BCUT2D eigenvalue weighted by Crippen LogP contribution is 2.17. The van der Waals surface area contributed by atoms with Gasteiger partial charge in [-0.2, -0.15) is 0 Å². The molecule has 1 saturated carbocycles. The number of ketones is 1. The minimum absolute atomic E-state index is 0.0918. The van der Waals surface area contributed by atoms with E-state index in [1.807, 2.05) is 0 Å². The number of rotatable bonds is 2. The fourth-order valence-corrected chi connectivity index (χ4v) is 2.33. The monoisotopic (exact) mass is 296 g/mol. The standard InChI is InChI=1S/C12H13BrN2O2/c13-10-2-1-7-14-11(10)12(17)15-8-3-5-9(16)6-4-8/h1-2,7-8H,3-6H2,(H,15,17). The molecule has 2 rings (SSSR count). The minimum Gasteiger partial charge on any atom is -0.348 e. The van der Waals surface area contributed by atoms with Gasteiger partial charge >= 0.3 is 0 Å². The maximum absolute atomic E-state index is 11.9. The first-order chi connectivity index (χ1) is 8.16. The van der Waals surface area contributed by atoms with Gasteiger partial charge in [0.15, 0.2) is 0 Å². The van der Waals surface area contributed by atoms with Gasteiger partial charge in [-0.25, -0.2) is 4.98 Å². The van der Waals surface area contributed by atoms with Crippen LogP contribution in [0.5, 0.6) is 0 Å². The molecule has 1 aromatic rings. The molecule has 1 fully saturated rings. The second kappa shape index (κ2) is 5.40. The molecule has 0 aromatic carbocycles. The summed E-state index contributed by atoms with van der Waals surface area (Å²) >= 11 is 3.29. The molecule has 1 N–H and O–H groups in total. The Morgan fingerprint density at radius 1 is 1.41 bits per heavy atom. The van der Waals surface area contributed by atoms with Crippen LogP contribution >= 0.6 is 15.9 Å². The first-order valence-electron chi connectivity index (χ1n) is 5.60. The lowest BCUT2D eigenvalue weighted by molar-refractivity contribution is -0.120. The summed E-state index contributed by atoms with van der Waals surface area (Å²) in [6.07, 6.45) is 4.18. The normalized spacial score (nSPS) is 16.9. The second-order valence-corrected chi connectivity index (χ2v) is 4.97. The van der Waals surface area contributed by atoms with Crippen molar-refractivity contribution < 1.29 is 9.59 Å². The molecule has 0 radical (unpaired) electrons. The number of amides is 1. The summed E-state index contributed by atoms with van der Waals surface area (Å²) in [5.41, 5.74) is 0.393. The molecule has 1 amide bonds. The van der Waals surface area contributed by atoms with Crippen molar-refractivity contribution in [3.63, 3.8) is 0 Å². The highest BCUT2D eigenvalue weighted by atomic mass is 79.9. The van der Waals surface area contributed by atoms with Gasteiger partial charge in [0.2, 0.25) is 0 Å². The molecule has 0 saturated heterocycles. The number of Topliss-reactive ketones (excluding diaryl/α,β-unsaturated/α-hetero) is 1. The average Bonchev–Trinajstić information content (AvgIpc) is 2.32. The molecule has 5 heteroatoms. The van der Waals surface area contributed by atoms with Gasteiger partial charge < -0.3 is 5.32 Å². The van der Waals surface area contributed by atoms with Crippen LogP contribution in [0.4, 0.5) is 0 Å². The maximum atomic E-state index is 11.9. The fraction of sp³-hybridized carbons (Fsp3) is 0.417. The smallest absolute Gasteiger partial charge is 0.271 e. The van der Waals surface area contributed by atoms with E-state index < -0.39 is 0 Å². The lowest BCUT2D eigenvalue weighted by Gasteiger charge is -2.22. The molecule has 0 atom stereocenters. The van der Waals surface area contributed by atoms with Crippen LogP contribution in [0.2, 0.25) is 0 Å². The number of halogens is 1. The number of carbonyl (C=O) groups is 2. The zero-order chi connectivity index (χ0) is 12.3. The Balaban J connectivity index is 1.98. The summed E-state index contributed by atoms with van der Waals surface area (Å²) < 4.78 is 0.685. The topological polar surface area (TPSA) is 59.1 Å². The summed E-state index contributed by atoms with van der Waals surface area (Å²) in [5.74, 6) is 0.103. The Bertz CT molecular complexity index is 438. The van der Waals surface area contributed by atoms with Crippen LogP contribution in [0, 0.1) is 0 Å². The first-order valence-corrected chi connectivity index (χ1v) is 6.39. The van der Waals surface area contributed by atoms with Crippen LogP contribution in [-0.2, 0) is 4.79 Å². The highest BCUT2D eigenvalue weighted by Gasteiger charge is 2.21. The average molecular weight is 297 g/mol. The SMILES string of the molecule is O=C1CCC(NC(=O)c2ncccc2Br)CC1. The molecule has 1 heterocycles. The van der Waals surface area contributed by atoms with Gasteiger partial charge in [-0.3, -0.25) is 9.59 Å². The highest BCUT2D eigenvalue weighted by molar-refractivity contribution is 9.10. The number of carbonyl (C=O) groups excluding carboxylic acids is 2. The van der Waals surface area contributed by atoms with Gasteiger partial charge in [0.1, 0.15) is 11.5 Å². The number of nitrogens with one attached hydrogen (secondary N) is 1. The van der Waals surface area contributed by atoms with Crippen molar-refractivity contribution in [1.29, 1.82) is 0 Å². The summed E-state index contributed by atoms with van der Waals surface area (Å²) in [5, 5.41) is 2.91. The molecule has 0 spiro atoms. The minimum atomic E-state index is -0.183. The molecule has 1 aromatic heterocycles. The number of pyridine rings is 1. The molecule has 0 bridgehead atoms. The Morgan fingerprint density at radius 2 is 2.12 bits per heavy atom. The quantitative estimate of drug-likeness (QED) is 0.909. The van der Waals surface area contributed by atoms with Crippen LogP contribution < -0.4 is 5.32 Å².